The molecule has 1 unspecified atom stereocenters. The molecule has 0 spiro atoms. The average molecular weight is 351 g/mol. The number of anilines is 1. The molecule has 0 N–H and O–H groups in total. The van der Waals surface area contributed by atoms with Crippen molar-refractivity contribution in [3.05, 3.63) is 61.4 Å². The van der Waals surface area contributed by atoms with Gasteiger partial charge in [0, 0.05) is 69.8 Å². The zero-order valence-corrected chi connectivity index (χ0v) is 15.1. The molecule has 136 valence electrons. The summed E-state index contributed by atoms with van der Waals surface area (Å²) in [5.74, 6) is 0.499. The van der Waals surface area contributed by atoms with E-state index in [-0.39, 0.29) is 5.79 Å². The van der Waals surface area contributed by atoms with Crippen LogP contribution in [0.25, 0.3) is 0 Å². The molecule has 0 saturated carbocycles. The van der Waals surface area contributed by atoms with Crippen molar-refractivity contribution in [2.45, 2.75) is 25.6 Å². The van der Waals surface area contributed by atoms with Crippen molar-refractivity contribution in [2.75, 3.05) is 31.1 Å². The maximum Gasteiger partial charge on any atom is 0.225 e. The number of aromatic nitrogens is 5. The van der Waals surface area contributed by atoms with Crippen molar-refractivity contribution in [2.24, 2.45) is 0 Å². The summed E-state index contributed by atoms with van der Waals surface area (Å²) in [4.78, 5) is 13.6. The van der Waals surface area contributed by atoms with E-state index in [2.05, 4.69) is 71.8 Å². The molecule has 3 aromatic rings. The van der Waals surface area contributed by atoms with Gasteiger partial charge in [-0.3, -0.25) is 4.90 Å². The average Bonchev–Trinajstić information content (AvgIpc) is 3.41. The molecule has 1 fully saturated rings. The molecular formula is C19H25N7. The molecule has 26 heavy (non-hydrogen) atoms. The molecule has 0 aromatic carbocycles. The van der Waals surface area contributed by atoms with Crippen molar-refractivity contribution in [3.63, 3.8) is 0 Å². The number of piperazine rings is 1. The van der Waals surface area contributed by atoms with Crippen molar-refractivity contribution in [1.82, 2.24) is 29.2 Å². The molecule has 1 aliphatic heterocycles. The minimum absolute atomic E-state index is 0.314. The summed E-state index contributed by atoms with van der Waals surface area (Å²) >= 11 is 0. The molecule has 4 rings (SSSR count). The van der Waals surface area contributed by atoms with E-state index in [1.165, 1.54) is 0 Å². The summed E-state index contributed by atoms with van der Waals surface area (Å²) in [6, 6.07) is 8.03. The van der Waals surface area contributed by atoms with Gasteiger partial charge in [-0.15, -0.1) is 0 Å². The third-order valence-corrected chi connectivity index (χ3v) is 5.10. The fourth-order valence-corrected chi connectivity index (χ4v) is 3.94. The molecule has 1 atom stereocenters. The highest BCUT2D eigenvalue weighted by atomic mass is 15.6. The van der Waals surface area contributed by atoms with Gasteiger partial charge in [0.05, 0.1) is 0 Å². The zero-order valence-electron chi connectivity index (χ0n) is 15.1. The Hall–Kier alpha value is -2.67. The maximum absolute atomic E-state index is 4.63. The van der Waals surface area contributed by atoms with Crippen LogP contribution in [0.15, 0.2) is 61.4 Å². The van der Waals surface area contributed by atoms with Gasteiger partial charge in [0.15, 0.2) is 5.79 Å². The van der Waals surface area contributed by atoms with Crippen LogP contribution in [0.4, 0.5) is 5.95 Å². The van der Waals surface area contributed by atoms with Crippen LogP contribution in [0.2, 0.25) is 0 Å². The fraction of sp³-hybridized carbons (Fsp3) is 0.421. The molecule has 0 aliphatic carbocycles. The molecule has 0 radical (unpaired) electrons. The normalized spacial score (nSPS) is 18.0. The minimum Gasteiger partial charge on any atom is -0.338 e. The molecule has 0 bridgehead atoms. The SMILES string of the molecule is CCCC(N1CCN(c2ncccn2)CC1)(n1cccc1)n1cccn1. The summed E-state index contributed by atoms with van der Waals surface area (Å²) < 4.78 is 4.39. The first-order valence-electron chi connectivity index (χ1n) is 9.25. The third kappa shape index (κ3) is 2.88. The lowest BCUT2D eigenvalue weighted by molar-refractivity contribution is -0.0349. The number of nitrogens with zero attached hydrogens (tertiary/aromatic N) is 7. The third-order valence-electron chi connectivity index (χ3n) is 5.10. The first-order valence-corrected chi connectivity index (χ1v) is 9.25. The van der Waals surface area contributed by atoms with Crippen molar-refractivity contribution >= 4 is 5.95 Å². The summed E-state index contributed by atoms with van der Waals surface area (Å²) in [7, 11) is 0. The number of hydrogen-bond donors (Lipinski definition) is 0. The van der Waals surface area contributed by atoms with Crippen LogP contribution in [0, 0.1) is 0 Å². The Balaban J connectivity index is 1.64. The standard InChI is InChI=1S/C19H25N7/c1-2-7-19(24-11-3-4-12-24,26-13-6-10-22-26)25-16-14-23(15-17-25)18-20-8-5-9-21-18/h3-6,8-13H,2,7,14-17H2,1H3. The molecule has 1 aliphatic rings. The van der Waals surface area contributed by atoms with Crippen molar-refractivity contribution in [1.29, 1.82) is 0 Å². The lowest BCUT2D eigenvalue weighted by Crippen LogP contribution is -2.61. The van der Waals surface area contributed by atoms with Gasteiger partial charge in [-0.25, -0.2) is 14.6 Å². The first kappa shape index (κ1) is 16.8. The van der Waals surface area contributed by atoms with Gasteiger partial charge in [-0.05, 0) is 24.3 Å². The second kappa shape index (κ2) is 7.29. The second-order valence-electron chi connectivity index (χ2n) is 6.59. The van der Waals surface area contributed by atoms with Gasteiger partial charge in [0.25, 0.3) is 0 Å². The molecular weight excluding hydrogens is 326 g/mol. The van der Waals surface area contributed by atoms with Crippen LogP contribution in [0.3, 0.4) is 0 Å². The highest BCUT2D eigenvalue weighted by molar-refractivity contribution is 5.29. The zero-order chi connectivity index (χ0) is 17.8. The van der Waals surface area contributed by atoms with E-state index in [1.54, 1.807) is 12.4 Å². The van der Waals surface area contributed by atoms with E-state index in [4.69, 9.17) is 0 Å². The van der Waals surface area contributed by atoms with Crippen LogP contribution in [-0.4, -0.2) is 55.4 Å². The van der Waals surface area contributed by atoms with Crippen LogP contribution in [-0.2, 0) is 5.79 Å². The smallest absolute Gasteiger partial charge is 0.225 e. The predicted molar refractivity (Wildman–Crippen MR) is 101 cm³/mol. The lowest BCUT2D eigenvalue weighted by atomic mass is 10.1. The lowest BCUT2D eigenvalue weighted by Gasteiger charge is -2.48. The Labute approximate surface area is 153 Å². The number of rotatable bonds is 6. The highest BCUT2D eigenvalue weighted by Gasteiger charge is 2.41. The first-order chi connectivity index (χ1) is 12.8. The highest BCUT2D eigenvalue weighted by Crippen LogP contribution is 2.31. The van der Waals surface area contributed by atoms with E-state index in [0.717, 1.165) is 45.0 Å². The van der Waals surface area contributed by atoms with Gasteiger partial charge in [-0.2, -0.15) is 5.10 Å². The fourth-order valence-electron chi connectivity index (χ4n) is 3.94. The van der Waals surface area contributed by atoms with E-state index in [9.17, 15) is 0 Å². The molecule has 3 aromatic heterocycles. The molecule has 7 heteroatoms. The summed E-state index contributed by atoms with van der Waals surface area (Å²) in [5, 5.41) is 4.63. The van der Waals surface area contributed by atoms with Crippen LogP contribution < -0.4 is 4.90 Å². The van der Waals surface area contributed by atoms with E-state index >= 15 is 0 Å². The minimum atomic E-state index is -0.314. The Bertz CT molecular complexity index is 740. The molecule has 4 heterocycles. The molecule has 1 saturated heterocycles. The van der Waals surface area contributed by atoms with Crippen molar-refractivity contribution in [3.8, 4) is 0 Å². The quantitative estimate of drug-likeness (QED) is 0.682. The summed E-state index contributed by atoms with van der Waals surface area (Å²) in [6.07, 6.45) is 13.9. The van der Waals surface area contributed by atoms with Crippen LogP contribution in [0.1, 0.15) is 19.8 Å². The van der Waals surface area contributed by atoms with Crippen molar-refractivity contribution < 1.29 is 0 Å². The van der Waals surface area contributed by atoms with Gasteiger partial charge in [0.1, 0.15) is 0 Å². The van der Waals surface area contributed by atoms with E-state index < -0.39 is 0 Å². The predicted octanol–water partition coefficient (Wildman–Crippen LogP) is 2.26. The Morgan fingerprint density at radius 1 is 0.885 bits per heavy atom. The summed E-state index contributed by atoms with van der Waals surface area (Å²) in [5.41, 5.74) is 0. The van der Waals surface area contributed by atoms with Crippen LogP contribution in [0.5, 0.6) is 0 Å². The second-order valence-corrected chi connectivity index (χ2v) is 6.59. The van der Waals surface area contributed by atoms with E-state index in [1.807, 2.05) is 18.3 Å². The van der Waals surface area contributed by atoms with Crippen LogP contribution >= 0.6 is 0 Å². The molecule has 0 amide bonds. The topological polar surface area (TPSA) is 55.0 Å². The Morgan fingerprint density at radius 3 is 2.23 bits per heavy atom. The van der Waals surface area contributed by atoms with Gasteiger partial charge in [-0.1, -0.05) is 13.3 Å². The Morgan fingerprint density at radius 2 is 1.62 bits per heavy atom. The Kier molecular flexibility index (Phi) is 4.71. The van der Waals surface area contributed by atoms with E-state index in [0.29, 0.717) is 0 Å². The molecule has 7 nitrogen and oxygen atoms in total. The maximum atomic E-state index is 4.63. The largest absolute Gasteiger partial charge is 0.338 e. The monoisotopic (exact) mass is 351 g/mol. The van der Waals surface area contributed by atoms with Gasteiger partial charge in [0.2, 0.25) is 5.95 Å². The van der Waals surface area contributed by atoms with Gasteiger partial charge >= 0.3 is 0 Å². The van der Waals surface area contributed by atoms with Gasteiger partial charge < -0.3 is 9.47 Å². The summed E-state index contributed by atoms with van der Waals surface area (Å²) in [6.45, 7) is 5.89. The number of hydrogen-bond acceptors (Lipinski definition) is 5.